The maximum absolute atomic E-state index is 8.35. The minimum Gasteiger partial charge on any atom is -0.198 e. The second kappa shape index (κ2) is 3.75. The maximum Gasteiger partial charge on any atom is 0.0695 e. The fourth-order valence-corrected chi connectivity index (χ4v) is 1.60. The SMILES string of the molecule is N#CCc1csc(CC#N)c1. The van der Waals surface area contributed by atoms with Crippen molar-refractivity contribution in [1.29, 1.82) is 10.5 Å². The van der Waals surface area contributed by atoms with Gasteiger partial charge < -0.3 is 0 Å². The van der Waals surface area contributed by atoms with Crippen LogP contribution in [-0.4, -0.2) is 0 Å². The lowest BCUT2D eigenvalue weighted by atomic mass is 10.2. The highest BCUT2D eigenvalue weighted by Crippen LogP contribution is 2.14. The molecule has 1 aromatic heterocycles. The Balaban J connectivity index is 2.69. The van der Waals surface area contributed by atoms with Crippen molar-refractivity contribution in [3.05, 3.63) is 21.9 Å². The average molecular weight is 162 g/mol. The van der Waals surface area contributed by atoms with Crippen LogP contribution in [0, 0.1) is 22.7 Å². The zero-order valence-corrected chi connectivity index (χ0v) is 6.69. The quantitative estimate of drug-likeness (QED) is 0.666. The number of rotatable bonds is 2. The molecule has 0 saturated heterocycles. The van der Waals surface area contributed by atoms with E-state index in [0.29, 0.717) is 12.8 Å². The van der Waals surface area contributed by atoms with Gasteiger partial charge in [0.2, 0.25) is 0 Å². The van der Waals surface area contributed by atoms with Crippen molar-refractivity contribution in [2.24, 2.45) is 0 Å². The van der Waals surface area contributed by atoms with Crippen LogP contribution in [0.2, 0.25) is 0 Å². The van der Waals surface area contributed by atoms with Crippen LogP contribution in [-0.2, 0) is 12.8 Å². The van der Waals surface area contributed by atoms with Gasteiger partial charge in [-0.15, -0.1) is 11.3 Å². The van der Waals surface area contributed by atoms with E-state index in [1.807, 2.05) is 11.4 Å². The molecule has 54 valence electrons. The van der Waals surface area contributed by atoms with Gasteiger partial charge in [0.05, 0.1) is 25.0 Å². The smallest absolute Gasteiger partial charge is 0.0695 e. The summed E-state index contributed by atoms with van der Waals surface area (Å²) in [6, 6.07) is 6.04. The van der Waals surface area contributed by atoms with Gasteiger partial charge in [0.25, 0.3) is 0 Å². The molecule has 0 aromatic carbocycles. The summed E-state index contributed by atoms with van der Waals surface area (Å²) in [6.45, 7) is 0. The summed E-state index contributed by atoms with van der Waals surface area (Å²) < 4.78 is 0. The van der Waals surface area contributed by atoms with Gasteiger partial charge in [-0.2, -0.15) is 10.5 Å². The van der Waals surface area contributed by atoms with Gasteiger partial charge in [0, 0.05) is 4.88 Å². The van der Waals surface area contributed by atoms with Crippen LogP contribution in [0.1, 0.15) is 10.4 Å². The van der Waals surface area contributed by atoms with Crippen molar-refractivity contribution in [2.75, 3.05) is 0 Å². The van der Waals surface area contributed by atoms with Gasteiger partial charge in [0.1, 0.15) is 0 Å². The van der Waals surface area contributed by atoms with E-state index in [9.17, 15) is 0 Å². The molecule has 0 radical (unpaired) electrons. The van der Waals surface area contributed by atoms with Gasteiger partial charge >= 0.3 is 0 Å². The second-order valence-electron chi connectivity index (χ2n) is 2.09. The zero-order valence-electron chi connectivity index (χ0n) is 5.87. The highest BCUT2D eigenvalue weighted by atomic mass is 32.1. The van der Waals surface area contributed by atoms with Crippen molar-refractivity contribution in [3.8, 4) is 12.1 Å². The standard InChI is InChI=1S/C8H6N2S/c9-3-1-7-5-8(2-4-10)11-6-7/h5-6H,1-2H2. The first kappa shape index (κ1) is 7.78. The second-order valence-corrected chi connectivity index (χ2v) is 3.09. The Kier molecular flexibility index (Phi) is 2.66. The predicted octanol–water partition coefficient (Wildman–Crippen LogP) is 1.88. The Hall–Kier alpha value is -1.32. The molecule has 0 N–H and O–H groups in total. The highest BCUT2D eigenvalue weighted by Gasteiger charge is 1.97. The summed E-state index contributed by atoms with van der Waals surface area (Å²) in [5.74, 6) is 0. The summed E-state index contributed by atoms with van der Waals surface area (Å²) >= 11 is 1.54. The lowest BCUT2D eigenvalue weighted by Gasteiger charge is -1.81. The molecular formula is C8H6N2S. The molecule has 11 heavy (non-hydrogen) atoms. The third kappa shape index (κ3) is 2.07. The molecule has 0 aliphatic heterocycles. The molecule has 0 atom stereocenters. The molecule has 0 bridgehead atoms. The number of nitriles is 2. The summed E-state index contributed by atoms with van der Waals surface area (Å²) in [5, 5.41) is 18.6. The zero-order chi connectivity index (χ0) is 8.10. The van der Waals surface area contributed by atoms with E-state index in [1.54, 1.807) is 11.3 Å². The molecule has 1 aromatic rings. The highest BCUT2D eigenvalue weighted by molar-refractivity contribution is 7.10. The Morgan fingerprint density at radius 1 is 1.27 bits per heavy atom. The van der Waals surface area contributed by atoms with E-state index in [0.717, 1.165) is 10.4 Å². The lowest BCUT2D eigenvalue weighted by molar-refractivity contribution is 1.26. The van der Waals surface area contributed by atoms with E-state index in [4.69, 9.17) is 10.5 Å². The molecule has 3 heteroatoms. The Bertz CT molecular complexity index is 283. The third-order valence-electron chi connectivity index (χ3n) is 1.24. The van der Waals surface area contributed by atoms with E-state index < -0.39 is 0 Å². The fourth-order valence-electron chi connectivity index (χ4n) is 0.781. The van der Waals surface area contributed by atoms with Crippen LogP contribution in [0.4, 0.5) is 0 Å². The van der Waals surface area contributed by atoms with Crippen molar-refractivity contribution in [2.45, 2.75) is 12.8 Å². The first-order chi connectivity index (χ1) is 5.36. The number of thiophene rings is 1. The van der Waals surface area contributed by atoms with E-state index in [1.165, 1.54) is 0 Å². The predicted molar refractivity (Wildman–Crippen MR) is 43.0 cm³/mol. The van der Waals surface area contributed by atoms with Crippen LogP contribution >= 0.6 is 11.3 Å². The van der Waals surface area contributed by atoms with Crippen LogP contribution in [0.25, 0.3) is 0 Å². The normalized spacial score (nSPS) is 8.55. The number of hydrogen-bond donors (Lipinski definition) is 0. The summed E-state index contributed by atoms with van der Waals surface area (Å²) in [7, 11) is 0. The van der Waals surface area contributed by atoms with Gasteiger partial charge in [-0.3, -0.25) is 0 Å². The van der Waals surface area contributed by atoms with Crippen LogP contribution < -0.4 is 0 Å². The first-order valence-electron chi connectivity index (χ1n) is 3.17. The molecule has 0 spiro atoms. The molecule has 0 aliphatic carbocycles. The molecule has 0 fully saturated rings. The van der Waals surface area contributed by atoms with Crippen LogP contribution in [0.3, 0.4) is 0 Å². The lowest BCUT2D eigenvalue weighted by Crippen LogP contribution is -1.75. The minimum atomic E-state index is 0.446. The van der Waals surface area contributed by atoms with Crippen molar-refractivity contribution < 1.29 is 0 Å². The van der Waals surface area contributed by atoms with E-state index >= 15 is 0 Å². The average Bonchev–Trinajstić information content (AvgIpc) is 2.38. The molecule has 2 nitrogen and oxygen atoms in total. The van der Waals surface area contributed by atoms with Crippen LogP contribution in [0.5, 0.6) is 0 Å². The van der Waals surface area contributed by atoms with Crippen molar-refractivity contribution in [1.82, 2.24) is 0 Å². The Labute approximate surface area is 69.3 Å². The van der Waals surface area contributed by atoms with Crippen molar-refractivity contribution >= 4 is 11.3 Å². The van der Waals surface area contributed by atoms with Gasteiger partial charge in [-0.25, -0.2) is 0 Å². The Morgan fingerprint density at radius 2 is 2.00 bits per heavy atom. The first-order valence-corrected chi connectivity index (χ1v) is 4.05. The van der Waals surface area contributed by atoms with E-state index in [-0.39, 0.29) is 0 Å². The molecule has 0 aliphatic rings. The summed E-state index contributed by atoms with van der Waals surface area (Å²) in [5.41, 5.74) is 1.02. The largest absolute Gasteiger partial charge is 0.198 e. The van der Waals surface area contributed by atoms with Gasteiger partial charge in [-0.05, 0) is 17.0 Å². The molecule has 0 saturated carbocycles. The minimum absolute atomic E-state index is 0.446. The van der Waals surface area contributed by atoms with Gasteiger partial charge in [0.15, 0.2) is 0 Å². The molecule has 1 rings (SSSR count). The molecular weight excluding hydrogens is 156 g/mol. The maximum atomic E-state index is 8.35. The Morgan fingerprint density at radius 3 is 2.64 bits per heavy atom. The summed E-state index contributed by atoms with van der Waals surface area (Å²) in [6.07, 6.45) is 0.901. The summed E-state index contributed by atoms with van der Waals surface area (Å²) in [4.78, 5) is 1.04. The topological polar surface area (TPSA) is 47.6 Å². The molecule has 1 heterocycles. The van der Waals surface area contributed by atoms with E-state index in [2.05, 4.69) is 12.1 Å². The third-order valence-corrected chi connectivity index (χ3v) is 2.23. The molecule has 0 amide bonds. The monoisotopic (exact) mass is 162 g/mol. The number of hydrogen-bond acceptors (Lipinski definition) is 3. The number of nitrogens with zero attached hydrogens (tertiary/aromatic N) is 2. The van der Waals surface area contributed by atoms with Crippen molar-refractivity contribution in [3.63, 3.8) is 0 Å². The fraction of sp³-hybridized carbons (Fsp3) is 0.250. The molecule has 0 unspecified atom stereocenters. The van der Waals surface area contributed by atoms with Crippen LogP contribution in [0.15, 0.2) is 11.4 Å². The van der Waals surface area contributed by atoms with Gasteiger partial charge in [-0.1, -0.05) is 0 Å².